The third kappa shape index (κ3) is 6.92. The normalized spacial score (nSPS) is 15.1. The third-order valence-corrected chi connectivity index (χ3v) is 9.93. The Morgan fingerprint density at radius 1 is 0.695 bits per heavy atom. The van der Waals surface area contributed by atoms with Crippen molar-refractivity contribution in [3.8, 4) is 45.5 Å². The van der Waals surface area contributed by atoms with Gasteiger partial charge in [0.05, 0.1) is 15.1 Å². The first-order valence-electron chi connectivity index (χ1n) is 23.9. The molecule has 0 radical (unpaired) electrons. The van der Waals surface area contributed by atoms with E-state index in [9.17, 15) is 7.85 Å². The number of fused-ring (bicyclic) bond motifs is 4. The molecule has 9 aromatic rings. The van der Waals surface area contributed by atoms with Crippen LogP contribution in [0.5, 0.6) is 17.4 Å². The van der Waals surface area contributed by atoms with Gasteiger partial charge >= 0.3 is 0 Å². The second kappa shape index (κ2) is 15.2. The maximum Gasteiger partial charge on any atom is 0.135 e. The molecular formula is C51H38N5O2Pt-3. The maximum atomic E-state index is 10.9. The minimum absolute atomic E-state index is 0. The van der Waals surface area contributed by atoms with Crippen LogP contribution in [-0.4, -0.2) is 19.6 Å². The zero-order chi connectivity index (χ0) is 49.0. The van der Waals surface area contributed by atoms with Crippen molar-refractivity contribution < 1.29 is 46.0 Å². The van der Waals surface area contributed by atoms with E-state index in [0.29, 0.717) is 22.8 Å². The molecule has 8 heteroatoms. The molecule has 0 aliphatic carbocycles. The number of hydrogen-bond donors (Lipinski definition) is 1. The van der Waals surface area contributed by atoms with E-state index in [2.05, 4.69) is 44.0 Å². The van der Waals surface area contributed by atoms with Gasteiger partial charge in [-0.1, -0.05) is 117 Å². The van der Waals surface area contributed by atoms with Crippen molar-refractivity contribution in [1.82, 2.24) is 14.5 Å². The fraction of sp³-hybridized carbons (Fsp3) is 0.0784. The van der Waals surface area contributed by atoms with Crippen molar-refractivity contribution in [3.05, 3.63) is 188 Å². The first-order valence-corrected chi connectivity index (χ1v) is 18.4. The van der Waals surface area contributed by atoms with Gasteiger partial charge in [-0.15, -0.1) is 24.2 Å². The molecule has 0 saturated carbocycles. The molecule has 0 fully saturated rings. The molecule has 0 amide bonds. The summed E-state index contributed by atoms with van der Waals surface area (Å²) in [6.07, 6.45) is 3.32. The molecule has 0 saturated heterocycles. The minimum Gasteiger partial charge on any atom is -0.508 e. The summed E-state index contributed by atoms with van der Waals surface area (Å²) in [4.78, 5) is 12.5. The van der Waals surface area contributed by atoms with Crippen LogP contribution in [0.1, 0.15) is 41.4 Å². The van der Waals surface area contributed by atoms with Crippen LogP contribution in [0, 0.1) is 18.8 Å². The number of nitrogens with zero attached hydrogens (tertiary/aromatic N) is 5. The fourth-order valence-corrected chi connectivity index (χ4v) is 7.21. The van der Waals surface area contributed by atoms with Gasteiger partial charge in [0.1, 0.15) is 17.4 Å². The van der Waals surface area contributed by atoms with E-state index >= 15 is 0 Å². The number of aromatic nitrogens is 3. The van der Waals surface area contributed by atoms with E-state index in [1.165, 1.54) is 11.1 Å². The fourth-order valence-electron chi connectivity index (χ4n) is 7.21. The zero-order valence-electron chi connectivity index (χ0n) is 42.7. The second-order valence-corrected chi connectivity index (χ2v) is 14.6. The molecule has 0 bridgehead atoms. The molecule has 0 spiro atoms. The predicted molar refractivity (Wildman–Crippen MR) is 233 cm³/mol. The number of hydrogen-bond acceptors (Lipinski definition) is 6. The van der Waals surface area contributed by atoms with Gasteiger partial charge in [0.25, 0.3) is 0 Å². The van der Waals surface area contributed by atoms with Gasteiger partial charge in [-0.05, 0) is 76.1 Å². The number of anilines is 4. The molecule has 1 N–H and O–H groups in total. The monoisotopic (exact) mass is 958 g/mol. The maximum absolute atomic E-state index is 10.9. The summed E-state index contributed by atoms with van der Waals surface area (Å²) in [7, 11) is 0. The molecule has 10 rings (SSSR count). The Hall–Kier alpha value is -6.69. The Morgan fingerprint density at radius 3 is 2.22 bits per heavy atom. The number of benzene rings is 6. The summed E-state index contributed by atoms with van der Waals surface area (Å²) in [5, 5.41) is 12.8. The molecule has 1 aliphatic heterocycles. The summed E-state index contributed by atoms with van der Waals surface area (Å²) in [6.45, 7) is 8.00. The molecular weight excluding hydrogens is 910 g/mol. The van der Waals surface area contributed by atoms with Crippen molar-refractivity contribution in [2.24, 2.45) is 0 Å². The van der Waals surface area contributed by atoms with E-state index in [1.54, 1.807) is 54.2 Å². The molecule has 0 atom stereocenters. The quantitative estimate of drug-likeness (QED) is 0.161. The first-order chi connectivity index (χ1) is 32.9. The van der Waals surface area contributed by atoms with Gasteiger partial charge < -0.3 is 24.2 Å². The van der Waals surface area contributed by atoms with Crippen LogP contribution in [-0.2, 0) is 26.5 Å². The van der Waals surface area contributed by atoms with Crippen LogP contribution >= 0.6 is 0 Å². The van der Waals surface area contributed by atoms with Gasteiger partial charge in [-0.25, -0.2) is 4.98 Å². The minimum atomic E-state index is -0.713. The Morgan fingerprint density at radius 2 is 1.41 bits per heavy atom. The standard InChI is InChI=1S/C51H38N5O2.Pt/c1-51(2,3)36-25-27-52-48(30-36)56-44-20-8-7-17-42(44)43-24-23-39(32-47(43)56)58-49-31-37(26-28-53-49)54-33-55(46-22-10-9-21-45(46)54)50-40(34-13-5-4-6-14-34)18-12-19-41(50)35-15-11-16-38(57)29-35;/h4-30,33,57H,1-3H3;/q-3;/i4D,5D,6D,11D,12D,13D,14D,15D,16D,18D,19D;. The zero-order valence-corrected chi connectivity index (χ0v) is 34.0. The van der Waals surface area contributed by atoms with Crippen molar-refractivity contribution in [2.75, 3.05) is 9.80 Å². The Balaban J connectivity index is 0.00000608. The van der Waals surface area contributed by atoms with E-state index in [1.807, 2.05) is 41.0 Å². The summed E-state index contributed by atoms with van der Waals surface area (Å²) in [6, 6.07) is 24.8. The summed E-state index contributed by atoms with van der Waals surface area (Å²) in [5.41, 5.74) is 2.45. The number of rotatable bonds is 7. The van der Waals surface area contributed by atoms with Crippen molar-refractivity contribution in [1.29, 1.82) is 0 Å². The van der Waals surface area contributed by atoms with Crippen LogP contribution in [0.4, 0.5) is 22.7 Å². The van der Waals surface area contributed by atoms with Crippen LogP contribution in [0.25, 0.3) is 49.9 Å². The van der Waals surface area contributed by atoms with E-state index in [4.69, 9.17) is 22.1 Å². The topological polar surface area (TPSA) is 66.7 Å². The van der Waals surface area contributed by atoms with Crippen molar-refractivity contribution in [2.45, 2.75) is 26.2 Å². The van der Waals surface area contributed by atoms with Crippen molar-refractivity contribution in [3.63, 3.8) is 0 Å². The molecule has 4 heterocycles. The molecule has 7 nitrogen and oxygen atoms in total. The van der Waals surface area contributed by atoms with Crippen molar-refractivity contribution >= 4 is 44.6 Å². The van der Waals surface area contributed by atoms with Gasteiger partial charge in [0.15, 0.2) is 0 Å². The number of aromatic hydroxyl groups is 1. The Labute approximate surface area is 373 Å². The molecule has 59 heavy (non-hydrogen) atoms. The average molecular weight is 959 g/mol. The van der Waals surface area contributed by atoms with Gasteiger partial charge in [0, 0.05) is 66.7 Å². The number of phenolic OH excluding ortho intramolecular Hbond substituents is 1. The second-order valence-electron chi connectivity index (χ2n) is 14.6. The Bertz CT molecular complexity index is 3610. The third-order valence-electron chi connectivity index (χ3n) is 9.93. The molecule has 1 aliphatic rings. The number of phenols is 1. The average Bonchev–Trinajstić information content (AvgIpc) is 3.89. The summed E-state index contributed by atoms with van der Waals surface area (Å²) < 4.78 is 105. The SMILES string of the molecule is [2H]c1c(O)cc(-c2c([2H])c([2H])c([2H])c(-c3c([2H])c([2H])c([2H])c([2H])c3[2H])c2N2[CH-]N(c3[c-]c(Oc4[c-]c5c(cc4)c4ccccc4n5-c4cc(C(C)(C)C)ccn4)ncc3)c3ccccc32)c([2H])c1[2H].[Pt]. The van der Waals surface area contributed by atoms with Crippen LogP contribution in [0.15, 0.2) is 164 Å². The molecule has 0 unspecified atom stereocenters. The Kier molecular flexibility index (Phi) is 7.00. The summed E-state index contributed by atoms with van der Waals surface area (Å²) >= 11 is 0. The van der Waals surface area contributed by atoms with Crippen LogP contribution < -0.4 is 14.5 Å². The van der Waals surface area contributed by atoms with E-state index in [0.717, 1.165) is 39.3 Å². The van der Waals surface area contributed by atoms with Gasteiger partial charge in [-0.2, -0.15) is 23.9 Å². The largest absolute Gasteiger partial charge is 0.508 e. The smallest absolute Gasteiger partial charge is 0.135 e. The first kappa shape index (κ1) is 27.1. The van der Waals surface area contributed by atoms with E-state index in [-0.39, 0.29) is 54.7 Å². The van der Waals surface area contributed by atoms with Crippen LogP contribution in [0.3, 0.4) is 0 Å². The number of pyridine rings is 2. The van der Waals surface area contributed by atoms with Gasteiger partial charge in [0.2, 0.25) is 0 Å². The molecule has 3 aromatic heterocycles. The molecule has 292 valence electrons. The predicted octanol–water partition coefficient (Wildman–Crippen LogP) is 12.7. The van der Waals surface area contributed by atoms with E-state index < -0.39 is 77.8 Å². The number of ether oxygens (including phenoxy) is 1. The van der Waals surface area contributed by atoms with Gasteiger partial charge in [-0.3, -0.25) is 4.98 Å². The molecule has 6 aromatic carbocycles. The number of para-hydroxylation sites is 4. The van der Waals surface area contributed by atoms with Crippen LogP contribution in [0.2, 0.25) is 0 Å². The summed E-state index contributed by atoms with van der Waals surface area (Å²) in [5.74, 6) is 0.425.